The van der Waals surface area contributed by atoms with Gasteiger partial charge in [0.15, 0.2) is 6.61 Å². The molecule has 0 saturated carbocycles. The van der Waals surface area contributed by atoms with Gasteiger partial charge < -0.3 is 5.11 Å². The Labute approximate surface area is 85.8 Å². The van der Waals surface area contributed by atoms with Crippen molar-refractivity contribution in [3.05, 3.63) is 30.1 Å². The molecule has 0 radical (unpaired) electrons. The van der Waals surface area contributed by atoms with Gasteiger partial charge >= 0.3 is 5.97 Å². The number of aliphatic carboxylic acids is 1. The van der Waals surface area contributed by atoms with Crippen LogP contribution in [0.3, 0.4) is 0 Å². The molecule has 0 aliphatic carbocycles. The number of carbonyl (C=O) groups is 2. The number of amides is 1. The van der Waals surface area contributed by atoms with Gasteiger partial charge in [0, 0.05) is 11.9 Å². The summed E-state index contributed by atoms with van der Waals surface area (Å²) in [4.78, 5) is 29.5. The van der Waals surface area contributed by atoms with Crippen molar-refractivity contribution in [1.29, 1.82) is 0 Å². The average Bonchev–Trinajstić information content (AvgIpc) is 2.18. The topological polar surface area (TPSA) is 88.5 Å². The van der Waals surface area contributed by atoms with E-state index >= 15 is 0 Å². The first kappa shape index (κ1) is 11.1. The molecule has 6 nitrogen and oxygen atoms in total. The Morgan fingerprint density at radius 1 is 1.47 bits per heavy atom. The molecule has 80 valence electrons. The molecule has 0 fully saturated rings. The number of hydrogen-bond donors (Lipinski definition) is 2. The van der Waals surface area contributed by atoms with Crippen LogP contribution in [0.5, 0.6) is 0 Å². The quantitative estimate of drug-likeness (QED) is 0.654. The van der Waals surface area contributed by atoms with E-state index < -0.39 is 18.5 Å². The minimum absolute atomic E-state index is 0.0560. The first-order chi connectivity index (χ1) is 7.18. The number of hydroxylamine groups is 1. The van der Waals surface area contributed by atoms with Gasteiger partial charge in [0.25, 0.3) is 0 Å². The molecule has 6 heteroatoms. The third-order valence-electron chi connectivity index (χ3n) is 1.45. The molecule has 1 heterocycles. The minimum Gasteiger partial charge on any atom is -0.479 e. The fourth-order valence-corrected chi connectivity index (χ4v) is 0.882. The smallest absolute Gasteiger partial charge is 0.332 e. The highest BCUT2D eigenvalue weighted by atomic mass is 16.7. The SMILES string of the molecule is O=C(O)CONC(=O)Cc1ccccn1. The fourth-order valence-electron chi connectivity index (χ4n) is 0.882. The summed E-state index contributed by atoms with van der Waals surface area (Å²) in [7, 11) is 0. The lowest BCUT2D eigenvalue weighted by Crippen LogP contribution is -2.28. The zero-order chi connectivity index (χ0) is 11.1. The third-order valence-corrected chi connectivity index (χ3v) is 1.45. The summed E-state index contributed by atoms with van der Waals surface area (Å²) < 4.78 is 0. The third kappa shape index (κ3) is 4.72. The van der Waals surface area contributed by atoms with Crippen LogP contribution in [0, 0.1) is 0 Å². The molecule has 15 heavy (non-hydrogen) atoms. The van der Waals surface area contributed by atoms with Crippen molar-refractivity contribution >= 4 is 11.9 Å². The molecular weight excluding hydrogens is 200 g/mol. The molecule has 1 amide bonds. The predicted molar refractivity (Wildman–Crippen MR) is 49.7 cm³/mol. The molecule has 1 aromatic rings. The summed E-state index contributed by atoms with van der Waals surface area (Å²) in [6.07, 6.45) is 1.63. The number of rotatable bonds is 5. The molecule has 0 atom stereocenters. The van der Waals surface area contributed by atoms with Crippen LogP contribution in [0.4, 0.5) is 0 Å². The molecule has 0 saturated heterocycles. The van der Waals surface area contributed by atoms with Crippen molar-refractivity contribution in [3.63, 3.8) is 0 Å². The van der Waals surface area contributed by atoms with Gasteiger partial charge in [0.05, 0.1) is 6.42 Å². The number of carboxylic acids is 1. The van der Waals surface area contributed by atoms with Crippen LogP contribution in [0.15, 0.2) is 24.4 Å². The van der Waals surface area contributed by atoms with Gasteiger partial charge in [-0.2, -0.15) is 0 Å². The van der Waals surface area contributed by atoms with E-state index in [1.807, 2.05) is 5.48 Å². The Morgan fingerprint density at radius 3 is 2.87 bits per heavy atom. The van der Waals surface area contributed by atoms with Gasteiger partial charge in [-0.3, -0.25) is 14.6 Å². The standard InChI is InChI=1S/C9H10N2O4/c12-8(11-15-6-9(13)14)5-7-3-1-2-4-10-7/h1-4H,5-6H2,(H,11,12)(H,13,14). The van der Waals surface area contributed by atoms with Gasteiger partial charge in [0.1, 0.15) is 0 Å². The number of carboxylic acid groups (broad SMARTS) is 1. The van der Waals surface area contributed by atoms with Crippen LogP contribution in [0.1, 0.15) is 5.69 Å². The lowest BCUT2D eigenvalue weighted by molar-refractivity contribution is -0.149. The maximum atomic E-state index is 11.1. The van der Waals surface area contributed by atoms with Crippen LogP contribution in [0.2, 0.25) is 0 Å². The highest BCUT2D eigenvalue weighted by molar-refractivity contribution is 5.77. The molecule has 2 N–H and O–H groups in total. The van der Waals surface area contributed by atoms with Gasteiger partial charge in [-0.05, 0) is 12.1 Å². The van der Waals surface area contributed by atoms with Crippen LogP contribution >= 0.6 is 0 Å². The van der Waals surface area contributed by atoms with E-state index in [1.54, 1.807) is 24.4 Å². The van der Waals surface area contributed by atoms with Crippen LogP contribution in [0.25, 0.3) is 0 Å². The summed E-state index contributed by atoms with van der Waals surface area (Å²) in [5.74, 6) is -1.58. The number of pyridine rings is 1. The summed E-state index contributed by atoms with van der Waals surface area (Å²) >= 11 is 0. The van der Waals surface area contributed by atoms with Crippen molar-refractivity contribution in [2.75, 3.05) is 6.61 Å². The Hall–Kier alpha value is -1.95. The fraction of sp³-hybridized carbons (Fsp3) is 0.222. The number of nitrogens with zero attached hydrogens (tertiary/aromatic N) is 1. The lowest BCUT2D eigenvalue weighted by Gasteiger charge is -2.02. The van der Waals surface area contributed by atoms with Crippen molar-refractivity contribution in [2.45, 2.75) is 6.42 Å². The van der Waals surface area contributed by atoms with E-state index in [-0.39, 0.29) is 6.42 Å². The monoisotopic (exact) mass is 210 g/mol. The van der Waals surface area contributed by atoms with Gasteiger partial charge in [-0.15, -0.1) is 0 Å². The van der Waals surface area contributed by atoms with Crippen LogP contribution < -0.4 is 5.48 Å². The van der Waals surface area contributed by atoms with Gasteiger partial charge in [-0.25, -0.2) is 10.3 Å². The first-order valence-corrected chi connectivity index (χ1v) is 4.21. The number of carbonyl (C=O) groups excluding carboxylic acids is 1. The number of nitrogens with one attached hydrogen (secondary N) is 1. The van der Waals surface area contributed by atoms with Gasteiger partial charge in [-0.1, -0.05) is 6.07 Å². The molecule has 0 aromatic carbocycles. The lowest BCUT2D eigenvalue weighted by atomic mass is 10.3. The summed E-state index contributed by atoms with van der Waals surface area (Å²) in [5.41, 5.74) is 2.59. The Morgan fingerprint density at radius 2 is 2.27 bits per heavy atom. The highest BCUT2D eigenvalue weighted by Crippen LogP contribution is 1.93. The number of hydrogen-bond acceptors (Lipinski definition) is 4. The van der Waals surface area contributed by atoms with E-state index in [0.717, 1.165) is 0 Å². The Balaban J connectivity index is 2.28. The van der Waals surface area contributed by atoms with E-state index in [1.165, 1.54) is 0 Å². The molecule has 0 spiro atoms. The normalized spacial score (nSPS) is 9.60. The second-order valence-electron chi connectivity index (χ2n) is 2.71. The summed E-state index contributed by atoms with van der Waals surface area (Å²) in [6.45, 7) is -0.562. The van der Waals surface area contributed by atoms with E-state index in [2.05, 4.69) is 9.82 Å². The Kier molecular flexibility index (Phi) is 4.24. The maximum Gasteiger partial charge on any atom is 0.332 e. The van der Waals surface area contributed by atoms with Crippen molar-refractivity contribution < 1.29 is 19.5 Å². The molecule has 1 aromatic heterocycles. The zero-order valence-electron chi connectivity index (χ0n) is 7.84. The van der Waals surface area contributed by atoms with E-state index in [0.29, 0.717) is 5.69 Å². The average molecular weight is 210 g/mol. The highest BCUT2D eigenvalue weighted by Gasteiger charge is 2.04. The second-order valence-corrected chi connectivity index (χ2v) is 2.71. The summed E-state index contributed by atoms with van der Waals surface area (Å²) in [6, 6.07) is 5.19. The van der Waals surface area contributed by atoms with Crippen molar-refractivity contribution in [1.82, 2.24) is 10.5 Å². The molecular formula is C9H10N2O4. The zero-order valence-corrected chi connectivity index (χ0v) is 7.84. The molecule has 0 aliphatic rings. The second kappa shape index (κ2) is 5.71. The summed E-state index contributed by atoms with van der Waals surface area (Å²) in [5, 5.41) is 8.23. The van der Waals surface area contributed by atoms with Crippen molar-refractivity contribution in [3.8, 4) is 0 Å². The molecule has 0 aliphatic heterocycles. The largest absolute Gasteiger partial charge is 0.479 e. The van der Waals surface area contributed by atoms with E-state index in [4.69, 9.17) is 5.11 Å². The molecule has 0 unspecified atom stereocenters. The molecule has 0 bridgehead atoms. The molecule has 1 rings (SSSR count). The maximum absolute atomic E-state index is 11.1. The number of aromatic nitrogens is 1. The van der Waals surface area contributed by atoms with Crippen LogP contribution in [-0.2, 0) is 20.8 Å². The van der Waals surface area contributed by atoms with Crippen molar-refractivity contribution in [2.24, 2.45) is 0 Å². The Bertz CT molecular complexity index is 339. The first-order valence-electron chi connectivity index (χ1n) is 4.21. The van der Waals surface area contributed by atoms with Crippen LogP contribution in [-0.4, -0.2) is 28.6 Å². The predicted octanol–water partition coefficient (Wildman–Crippen LogP) is -0.244. The minimum atomic E-state index is -1.15. The van der Waals surface area contributed by atoms with Gasteiger partial charge in [0.2, 0.25) is 5.91 Å². The van der Waals surface area contributed by atoms with E-state index in [9.17, 15) is 9.59 Å².